The summed E-state index contributed by atoms with van der Waals surface area (Å²) in [6, 6.07) is 4.93. The zero-order valence-corrected chi connectivity index (χ0v) is 14.0. The van der Waals surface area contributed by atoms with Crippen molar-refractivity contribution >= 4 is 17.5 Å². The smallest absolute Gasteiger partial charge is 0.313 e. The predicted molar refractivity (Wildman–Crippen MR) is 85.3 cm³/mol. The largest absolute Gasteiger partial charge is 0.493 e. The Morgan fingerprint density at radius 1 is 1.14 bits per heavy atom. The van der Waals surface area contributed by atoms with E-state index in [9.17, 15) is 9.59 Å². The number of carbonyl (C=O) groups excluding carboxylic acids is 2. The molecule has 0 aromatic heterocycles. The van der Waals surface area contributed by atoms with Crippen molar-refractivity contribution in [2.75, 3.05) is 26.1 Å². The molecule has 0 unspecified atom stereocenters. The fourth-order valence-corrected chi connectivity index (χ4v) is 2.14. The average molecular weight is 308 g/mol. The topological polar surface area (TPSA) is 67.9 Å². The van der Waals surface area contributed by atoms with E-state index in [-0.39, 0.29) is 0 Å². The monoisotopic (exact) mass is 308 g/mol. The average Bonchev–Trinajstić information content (AvgIpc) is 2.46. The Labute approximate surface area is 131 Å². The van der Waals surface area contributed by atoms with Crippen LogP contribution in [-0.2, 0) is 9.59 Å². The summed E-state index contributed by atoms with van der Waals surface area (Å²) in [5, 5.41) is 2.59. The highest BCUT2D eigenvalue weighted by molar-refractivity contribution is 6.39. The van der Waals surface area contributed by atoms with Crippen molar-refractivity contribution in [2.45, 2.75) is 33.2 Å². The van der Waals surface area contributed by atoms with Crippen LogP contribution < -0.4 is 14.8 Å². The number of benzene rings is 1. The van der Waals surface area contributed by atoms with E-state index in [1.54, 1.807) is 18.2 Å². The number of carbonyl (C=O) groups is 2. The highest BCUT2D eigenvalue weighted by Crippen LogP contribution is 2.29. The molecular weight excluding hydrogens is 284 g/mol. The van der Waals surface area contributed by atoms with Gasteiger partial charge in [0.2, 0.25) is 0 Å². The molecule has 0 spiro atoms. The second-order valence-electron chi connectivity index (χ2n) is 5.74. The Morgan fingerprint density at radius 2 is 1.73 bits per heavy atom. The highest BCUT2D eigenvalue weighted by Gasteiger charge is 2.29. The van der Waals surface area contributed by atoms with Crippen LogP contribution in [0.4, 0.5) is 5.69 Å². The fraction of sp³-hybridized carbons (Fsp3) is 0.500. The molecule has 1 rings (SSSR count). The van der Waals surface area contributed by atoms with Crippen LogP contribution in [0.2, 0.25) is 0 Å². The third-order valence-electron chi connectivity index (χ3n) is 3.21. The molecule has 1 N–H and O–H groups in total. The van der Waals surface area contributed by atoms with E-state index < -0.39 is 17.4 Å². The molecule has 22 heavy (non-hydrogen) atoms. The first kappa shape index (κ1) is 17.8. The molecule has 0 heterocycles. The van der Waals surface area contributed by atoms with Gasteiger partial charge in [-0.05, 0) is 39.8 Å². The van der Waals surface area contributed by atoms with Crippen LogP contribution in [-0.4, -0.2) is 43.0 Å². The van der Waals surface area contributed by atoms with Crippen molar-refractivity contribution in [3.8, 4) is 11.5 Å². The zero-order valence-electron chi connectivity index (χ0n) is 14.0. The number of amides is 2. The standard InChI is InChI=1S/C16H24N2O4/c1-7-18(16(2,3)4)15(20)14(19)17-11-8-9-12(21-5)13(10-11)22-6/h8-10H,7H2,1-6H3,(H,17,19). The first-order valence-corrected chi connectivity index (χ1v) is 7.09. The number of hydrogen-bond acceptors (Lipinski definition) is 4. The van der Waals surface area contributed by atoms with Gasteiger partial charge >= 0.3 is 11.8 Å². The molecule has 0 atom stereocenters. The molecule has 0 aliphatic rings. The molecule has 2 amide bonds. The van der Waals surface area contributed by atoms with Gasteiger partial charge in [0.05, 0.1) is 14.2 Å². The van der Waals surface area contributed by atoms with Crippen molar-refractivity contribution in [3.63, 3.8) is 0 Å². The zero-order chi connectivity index (χ0) is 16.9. The van der Waals surface area contributed by atoms with Crippen molar-refractivity contribution in [1.82, 2.24) is 4.90 Å². The summed E-state index contributed by atoms with van der Waals surface area (Å²) in [5.74, 6) is -0.207. The van der Waals surface area contributed by atoms with Crippen LogP contribution in [0.15, 0.2) is 18.2 Å². The molecule has 6 heteroatoms. The van der Waals surface area contributed by atoms with Gasteiger partial charge < -0.3 is 19.7 Å². The molecule has 0 aliphatic carbocycles. The van der Waals surface area contributed by atoms with Crippen molar-refractivity contribution in [1.29, 1.82) is 0 Å². The van der Waals surface area contributed by atoms with Gasteiger partial charge in [0.15, 0.2) is 11.5 Å². The van der Waals surface area contributed by atoms with E-state index >= 15 is 0 Å². The number of likely N-dealkylation sites (N-methyl/N-ethyl adjacent to an activating group) is 1. The van der Waals surface area contributed by atoms with Crippen LogP contribution in [0, 0.1) is 0 Å². The number of anilines is 1. The molecule has 0 radical (unpaired) electrons. The molecule has 0 bridgehead atoms. The van der Waals surface area contributed by atoms with Crippen molar-refractivity contribution in [3.05, 3.63) is 18.2 Å². The van der Waals surface area contributed by atoms with Crippen LogP contribution in [0.5, 0.6) is 11.5 Å². The first-order chi connectivity index (χ1) is 10.2. The van der Waals surface area contributed by atoms with E-state index in [0.717, 1.165) is 0 Å². The lowest BCUT2D eigenvalue weighted by Crippen LogP contribution is -2.49. The minimum Gasteiger partial charge on any atom is -0.493 e. The SMILES string of the molecule is CCN(C(=O)C(=O)Nc1ccc(OC)c(OC)c1)C(C)(C)C. The summed E-state index contributed by atoms with van der Waals surface area (Å²) in [5.41, 5.74) is 0.0572. The second kappa shape index (κ2) is 7.15. The van der Waals surface area contributed by atoms with Gasteiger partial charge in [-0.25, -0.2) is 0 Å². The molecule has 0 fully saturated rings. The summed E-state index contributed by atoms with van der Waals surface area (Å²) in [7, 11) is 3.04. The van der Waals surface area contributed by atoms with Crippen LogP contribution in [0.3, 0.4) is 0 Å². The Morgan fingerprint density at radius 3 is 2.18 bits per heavy atom. The summed E-state index contributed by atoms with van der Waals surface area (Å²) in [6.45, 7) is 7.96. The minimum atomic E-state index is -0.677. The summed E-state index contributed by atoms with van der Waals surface area (Å²) in [6.07, 6.45) is 0. The molecule has 6 nitrogen and oxygen atoms in total. The number of nitrogens with one attached hydrogen (secondary N) is 1. The number of ether oxygens (including phenoxy) is 2. The third-order valence-corrected chi connectivity index (χ3v) is 3.21. The first-order valence-electron chi connectivity index (χ1n) is 7.09. The molecule has 0 saturated heterocycles. The van der Waals surface area contributed by atoms with Crippen LogP contribution >= 0.6 is 0 Å². The van der Waals surface area contributed by atoms with Gasteiger partial charge in [-0.1, -0.05) is 0 Å². The third kappa shape index (κ3) is 4.13. The van der Waals surface area contributed by atoms with E-state index in [1.165, 1.54) is 19.1 Å². The van der Waals surface area contributed by atoms with E-state index in [4.69, 9.17) is 9.47 Å². The normalized spacial score (nSPS) is 10.8. The lowest BCUT2D eigenvalue weighted by atomic mass is 10.1. The fourth-order valence-electron chi connectivity index (χ4n) is 2.14. The summed E-state index contributed by atoms with van der Waals surface area (Å²) < 4.78 is 10.3. The summed E-state index contributed by atoms with van der Waals surface area (Å²) in [4.78, 5) is 25.9. The molecule has 0 saturated carbocycles. The van der Waals surface area contributed by atoms with Crippen molar-refractivity contribution < 1.29 is 19.1 Å². The van der Waals surface area contributed by atoms with Crippen LogP contribution in [0.25, 0.3) is 0 Å². The molecule has 1 aromatic rings. The highest BCUT2D eigenvalue weighted by atomic mass is 16.5. The Hall–Kier alpha value is -2.24. The number of hydrogen-bond donors (Lipinski definition) is 1. The van der Waals surface area contributed by atoms with Crippen LogP contribution in [0.1, 0.15) is 27.7 Å². The Balaban J connectivity index is 2.91. The van der Waals surface area contributed by atoms with Gasteiger partial charge in [-0.2, -0.15) is 0 Å². The lowest BCUT2D eigenvalue weighted by Gasteiger charge is -2.34. The van der Waals surface area contributed by atoms with Gasteiger partial charge in [0.25, 0.3) is 0 Å². The molecular formula is C16H24N2O4. The lowest BCUT2D eigenvalue weighted by molar-refractivity contribution is -0.146. The maximum Gasteiger partial charge on any atom is 0.313 e. The number of nitrogens with zero attached hydrogens (tertiary/aromatic N) is 1. The van der Waals surface area contributed by atoms with Gasteiger partial charge in [-0.3, -0.25) is 9.59 Å². The predicted octanol–water partition coefficient (Wildman–Crippen LogP) is 2.29. The van der Waals surface area contributed by atoms with E-state index in [1.807, 2.05) is 27.7 Å². The maximum atomic E-state index is 12.3. The van der Waals surface area contributed by atoms with Gasteiger partial charge in [0.1, 0.15) is 0 Å². The molecule has 122 valence electrons. The van der Waals surface area contributed by atoms with Crippen molar-refractivity contribution in [2.24, 2.45) is 0 Å². The number of rotatable bonds is 4. The number of methoxy groups -OCH3 is 2. The Kier molecular flexibility index (Phi) is 5.79. The maximum absolute atomic E-state index is 12.3. The molecule has 0 aliphatic heterocycles. The second-order valence-corrected chi connectivity index (χ2v) is 5.74. The molecule has 1 aromatic carbocycles. The van der Waals surface area contributed by atoms with E-state index in [0.29, 0.717) is 23.7 Å². The Bertz CT molecular complexity index is 550. The quantitative estimate of drug-likeness (QED) is 0.867. The van der Waals surface area contributed by atoms with E-state index in [2.05, 4.69) is 5.32 Å². The van der Waals surface area contributed by atoms with Gasteiger partial charge in [0, 0.05) is 23.8 Å². The van der Waals surface area contributed by atoms with Gasteiger partial charge in [-0.15, -0.1) is 0 Å². The summed E-state index contributed by atoms with van der Waals surface area (Å²) >= 11 is 0. The minimum absolute atomic E-state index is 0.416.